The van der Waals surface area contributed by atoms with Crippen LogP contribution >= 0.6 is 0 Å². The molecule has 2 heterocycles. The molecule has 2 unspecified atom stereocenters. The summed E-state index contributed by atoms with van der Waals surface area (Å²) >= 11 is 0. The Bertz CT molecular complexity index is 242. The van der Waals surface area contributed by atoms with Gasteiger partial charge in [0.05, 0.1) is 0 Å². The van der Waals surface area contributed by atoms with Gasteiger partial charge in [0.15, 0.2) is 0 Å². The molecule has 2 atom stereocenters. The molecule has 80 valence electrons. The lowest BCUT2D eigenvalue weighted by Gasteiger charge is -2.31. The molecule has 0 aliphatic carbocycles. The van der Waals surface area contributed by atoms with Crippen molar-refractivity contribution in [3.05, 3.63) is 11.3 Å². The molecule has 1 nitrogen and oxygen atoms in total. The van der Waals surface area contributed by atoms with Crippen molar-refractivity contribution in [2.75, 3.05) is 13.1 Å². The van der Waals surface area contributed by atoms with E-state index in [1.54, 1.807) is 11.3 Å². The van der Waals surface area contributed by atoms with Crippen LogP contribution in [0.1, 0.15) is 46.5 Å². The summed E-state index contributed by atoms with van der Waals surface area (Å²) in [6.07, 6.45) is 5.62. The third-order valence-electron chi connectivity index (χ3n) is 4.32. The number of fused-ring (bicyclic) bond motifs is 2. The van der Waals surface area contributed by atoms with E-state index in [4.69, 9.17) is 0 Å². The Hall–Kier alpha value is -0.460. The molecular formula is C13H23N. The second-order valence-corrected chi connectivity index (χ2v) is 5.12. The monoisotopic (exact) mass is 193 g/mol. The van der Waals surface area contributed by atoms with Crippen LogP contribution < -0.4 is 0 Å². The van der Waals surface area contributed by atoms with Gasteiger partial charge in [-0.25, -0.2) is 0 Å². The van der Waals surface area contributed by atoms with Gasteiger partial charge in [-0.2, -0.15) is 0 Å². The summed E-state index contributed by atoms with van der Waals surface area (Å²) in [4.78, 5) is 2.61. The molecular weight excluding hydrogens is 170 g/mol. The molecule has 0 fully saturated rings. The Labute approximate surface area is 88.2 Å². The van der Waals surface area contributed by atoms with Crippen molar-refractivity contribution in [3.63, 3.8) is 0 Å². The Morgan fingerprint density at radius 2 is 1.71 bits per heavy atom. The van der Waals surface area contributed by atoms with Crippen molar-refractivity contribution in [1.29, 1.82) is 0 Å². The zero-order valence-electron chi connectivity index (χ0n) is 9.84. The Morgan fingerprint density at radius 1 is 1.07 bits per heavy atom. The highest BCUT2D eigenvalue weighted by Gasteiger charge is 2.26. The average molecular weight is 193 g/mol. The first-order valence-electron chi connectivity index (χ1n) is 6.12. The Morgan fingerprint density at radius 3 is 2.43 bits per heavy atom. The maximum absolute atomic E-state index is 2.61. The number of nitrogens with zero attached hydrogens (tertiary/aromatic N) is 1. The topological polar surface area (TPSA) is 3.24 Å². The summed E-state index contributed by atoms with van der Waals surface area (Å²) in [5.74, 6) is 1.78. The van der Waals surface area contributed by atoms with Crippen LogP contribution in [0.3, 0.4) is 0 Å². The van der Waals surface area contributed by atoms with Crippen LogP contribution in [0.2, 0.25) is 0 Å². The van der Waals surface area contributed by atoms with Gasteiger partial charge in [0.2, 0.25) is 0 Å². The second kappa shape index (κ2) is 3.96. The lowest BCUT2D eigenvalue weighted by molar-refractivity contribution is 0.311. The first-order valence-corrected chi connectivity index (χ1v) is 6.12. The van der Waals surface area contributed by atoms with Crippen molar-refractivity contribution in [2.45, 2.75) is 46.5 Å². The van der Waals surface area contributed by atoms with E-state index in [-0.39, 0.29) is 0 Å². The van der Waals surface area contributed by atoms with Crippen LogP contribution in [0.25, 0.3) is 0 Å². The first-order chi connectivity index (χ1) is 6.70. The molecule has 2 aliphatic rings. The van der Waals surface area contributed by atoms with Gasteiger partial charge in [0.1, 0.15) is 0 Å². The largest absolute Gasteiger partial charge is 0.375 e. The third kappa shape index (κ3) is 1.69. The summed E-state index contributed by atoms with van der Waals surface area (Å²) < 4.78 is 0. The van der Waals surface area contributed by atoms with Crippen molar-refractivity contribution < 1.29 is 0 Å². The molecule has 0 aromatic rings. The summed E-state index contributed by atoms with van der Waals surface area (Å²) in [6.45, 7) is 9.72. The molecule has 2 aliphatic heterocycles. The minimum absolute atomic E-state index is 0.875. The lowest BCUT2D eigenvalue weighted by atomic mass is 9.81. The molecule has 0 radical (unpaired) electrons. The quantitative estimate of drug-likeness (QED) is 0.570. The second-order valence-electron chi connectivity index (χ2n) is 5.12. The molecule has 2 rings (SSSR count). The van der Waals surface area contributed by atoms with Crippen molar-refractivity contribution in [3.8, 4) is 0 Å². The minimum Gasteiger partial charge on any atom is -0.375 e. The summed E-state index contributed by atoms with van der Waals surface area (Å²) in [7, 11) is 0. The van der Waals surface area contributed by atoms with Crippen molar-refractivity contribution in [2.24, 2.45) is 11.8 Å². The third-order valence-corrected chi connectivity index (χ3v) is 4.32. The van der Waals surface area contributed by atoms with Crippen LogP contribution in [0.4, 0.5) is 0 Å². The molecule has 0 spiro atoms. The predicted octanol–water partition coefficient (Wildman–Crippen LogP) is 3.42. The first kappa shape index (κ1) is 10.1. The predicted molar refractivity (Wildman–Crippen MR) is 61.1 cm³/mol. The molecule has 0 aromatic carbocycles. The molecule has 14 heavy (non-hydrogen) atoms. The van der Waals surface area contributed by atoms with E-state index in [9.17, 15) is 0 Å². The van der Waals surface area contributed by atoms with Gasteiger partial charge in [-0.15, -0.1) is 0 Å². The van der Waals surface area contributed by atoms with E-state index < -0.39 is 0 Å². The molecule has 0 amide bonds. The average Bonchev–Trinajstić information content (AvgIpc) is 2.26. The fourth-order valence-corrected chi connectivity index (χ4v) is 3.20. The smallest absolute Gasteiger partial charge is 0.0175 e. The van der Waals surface area contributed by atoms with Gasteiger partial charge in [-0.05, 0) is 51.4 Å². The molecule has 0 saturated carbocycles. The normalized spacial score (nSPS) is 34.1. The SMILES string of the molecule is CC1=C(C)N2CCCC(C)C1CCC2. The fourth-order valence-electron chi connectivity index (χ4n) is 3.20. The van der Waals surface area contributed by atoms with E-state index in [0.29, 0.717) is 0 Å². The van der Waals surface area contributed by atoms with Gasteiger partial charge < -0.3 is 4.90 Å². The fraction of sp³-hybridized carbons (Fsp3) is 0.846. The standard InChI is InChI=1S/C13H23N/c1-10-6-4-8-14-9-5-7-13(10)11(2)12(14)3/h10,13H,4-9H2,1-3H3. The highest BCUT2D eigenvalue weighted by Crippen LogP contribution is 2.36. The highest BCUT2D eigenvalue weighted by atomic mass is 15.1. The van der Waals surface area contributed by atoms with E-state index in [1.807, 2.05) is 0 Å². The maximum Gasteiger partial charge on any atom is 0.0175 e. The summed E-state index contributed by atoms with van der Waals surface area (Å²) in [6, 6.07) is 0. The number of allylic oxidation sites excluding steroid dienone is 2. The van der Waals surface area contributed by atoms with Crippen LogP contribution in [0.5, 0.6) is 0 Å². The van der Waals surface area contributed by atoms with E-state index in [2.05, 4.69) is 25.7 Å². The highest BCUT2D eigenvalue weighted by molar-refractivity contribution is 5.15. The summed E-state index contributed by atoms with van der Waals surface area (Å²) in [5, 5.41) is 0. The number of hydrogen-bond donors (Lipinski definition) is 0. The van der Waals surface area contributed by atoms with Crippen LogP contribution in [-0.4, -0.2) is 18.0 Å². The number of hydrogen-bond acceptors (Lipinski definition) is 1. The van der Waals surface area contributed by atoms with E-state index in [0.717, 1.165) is 11.8 Å². The Balaban J connectivity index is 2.32. The summed E-state index contributed by atoms with van der Waals surface area (Å²) in [5.41, 5.74) is 3.26. The van der Waals surface area contributed by atoms with Crippen LogP contribution in [0.15, 0.2) is 11.3 Å². The molecule has 2 bridgehead atoms. The van der Waals surface area contributed by atoms with Gasteiger partial charge in [0.25, 0.3) is 0 Å². The van der Waals surface area contributed by atoms with Gasteiger partial charge in [0, 0.05) is 18.8 Å². The van der Waals surface area contributed by atoms with Crippen molar-refractivity contribution in [1.82, 2.24) is 4.90 Å². The van der Waals surface area contributed by atoms with E-state index >= 15 is 0 Å². The van der Waals surface area contributed by atoms with E-state index in [1.165, 1.54) is 38.8 Å². The molecule has 1 heteroatoms. The van der Waals surface area contributed by atoms with Gasteiger partial charge in [-0.1, -0.05) is 12.5 Å². The Kier molecular flexibility index (Phi) is 2.85. The van der Waals surface area contributed by atoms with Crippen LogP contribution in [0, 0.1) is 11.8 Å². The maximum atomic E-state index is 2.61. The zero-order chi connectivity index (χ0) is 10.1. The zero-order valence-corrected chi connectivity index (χ0v) is 9.84. The molecule has 0 N–H and O–H groups in total. The number of rotatable bonds is 0. The van der Waals surface area contributed by atoms with Gasteiger partial charge >= 0.3 is 0 Å². The minimum atomic E-state index is 0.875. The van der Waals surface area contributed by atoms with Crippen LogP contribution in [-0.2, 0) is 0 Å². The molecule has 0 saturated heterocycles. The van der Waals surface area contributed by atoms with Crippen molar-refractivity contribution >= 4 is 0 Å². The lowest BCUT2D eigenvalue weighted by Crippen LogP contribution is -2.26. The molecule has 0 aromatic heterocycles. The van der Waals surface area contributed by atoms with Gasteiger partial charge in [-0.3, -0.25) is 0 Å².